The summed E-state index contributed by atoms with van der Waals surface area (Å²) in [5.74, 6) is -0.435. The molecule has 35 heavy (non-hydrogen) atoms. The average molecular weight is 488 g/mol. The number of aliphatic hydroxyl groups excluding tert-OH is 1. The number of nitrogens with two attached hydrogens (primary N) is 1. The fraction of sp³-hybridized carbons (Fsp3) is 0.308. The van der Waals surface area contributed by atoms with Crippen LogP contribution in [-0.4, -0.2) is 36.3 Å². The number of pyridine rings is 1. The normalized spacial score (nSPS) is 14.1. The lowest BCUT2D eigenvalue weighted by Gasteiger charge is -2.23. The second-order valence-electron chi connectivity index (χ2n) is 8.01. The summed E-state index contributed by atoms with van der Waals surface area (Å²) in [7, 11) is 1.00. The van der Waals surface area contributed by atoms with Crippen LogP contribution in [0, 0.1) is 0 Å². The average Bonchev–Trinajstić information content (AvgIpc) is 2.89. The Morgan fingerprint density at radius 3 is 2.46 bits per heavy atom. The van der Waals surface area contributed by atoms with Crippen LogP contribution in [0.25, 0.3) is 11.1 Å². The second-order valence-corrected chi connectivity index (χ2v) is 8.01. The van der Waals surface area contributed by atoms with Gasteiger partial charge in [-0.1, -0.05) is 36.4 Å². The maximum Gasteiger partial charge on any atom is 0.417 e. The number of hydrogen-bond donors (Lipinski definition) is 3. The summed E-state index contributed by atoms with van der Waals surface area (Å²) >= 11 is 0. The van der Waals surface area contributed by atoms with Crippen LogP contribution in [0.4, 0.5) is 19.0 Å². The Morgan fingerprint density at radius 2 is 1.80 bits per heavy atom. The lowest BCUT2D eigenvalue weighted by molar-refractivity contribution is -0.137. The van der Waals surface area contributed by atoms with Crippen LogP contribution in [0.3, 0.4) is 0 Å². The smallest absolute Gasteiger partial charge is 0.400 e. The number of aliphatic hydroxyl groups is 1. The van der Waals surface area contributed by atoms with Crippen LogP contribution in [0.15, 0.2) is 60.8 Å². The van der Waals surface area contributed by atoms with E-state index in [2.05, 4.69) is 10.3 Å². The van der Waals surface area contributed by atoms with Crippen molar-refractivity contribution >= 4 is 11.7 Å². The Bertz CT molecular complexity index is 1130. The first kappa shape index (κ1) is 26.2. The molecule has 0 bridgehead atoms. The minimum absolute atomic E-state index is 0.128. The molecule has 1 fully saturated rings. The van der Waals surface area contributed by atoms with E-state index in [0.29, 0.717) is 18.8 Å². The van der Waals surface area contributed by atoms with Crippen LogP contribution >= 0.6 is 0 Å². The van der Waals surface area contributed by atoms with Crippen molar-refractivity contribution in [2.45, 2.75) is 31.5 Å². The van der Waals surface area contributed by atoms with Crippen LogP contribution < -0.4 is 11.1 Å². The van der Waals surface area contributed by atoms with Crippen LogP contribution in [-0.2, 0) is 17.5 Å². The van der Waals surface area contributed by atoms with Crippen LogP contribution in [0.5, 0.6) is 0 Å². The molecule has 2 heterocycles. The van der Waals surface area contributed by atoms with Gasteiger partial charge >= 0.3 is 6.18 Å². The Hall–Kier alpha value is -3.43. The number of anilines is 1. The number of nitrogens with one attached hydrogen (secondary N) is 1. The third-order valence-corrected chi connectivity index (χ3v) is 5.81. The van der Waals surface area contributed by atoms with Gasteiger partial charge in [-0.15, -0.1) is 0 Å². The molecule has 9 heteroatoms. The van der Waals surface area contributed by atoms with Gasteiger partial charge in [0.25, 0.3) is 5.91 Å². The van der Waals surface area contributed by atoms with Gasteiger partial charge in [-0.05, 0) is 53.6 Å². The highest BCUT2D eigenvalue weighted by molar-refractivity contribution is 5.96. The molecule has 1 aliphatic rings. The van der Waals surface area contributed by atoms with E-state index in [0.717, 1.165) is 37.1 Å². The summed E-state index contributed by atoms with van der Waals surface area (Å²) in [6.45, 7) is 1.40. The van der Waals surface area contributed by atoms with Crippen molar-refractivity contribution in [3.05, 3.63) is 83.0 Å². The second kappa shape index (κ2) is 11.8. The van der Waals surface area contributed by atoms with Crippen molar-refractivity contribution in [3.8, 4) is 11.1 Å². The number of benzene rings is 2. The summed E-state index contributed by atoms with van der Waals surface area (Å²) in [4.78, 5) is 16.8. The van der Waals surface area contributed by atoms with E-state index in [-0.39, 0.29) is 23.8 Å². The van der Waals surface area contributed by atoms with Gasteiger partial charge in [0.15, 0.2) is 0 Å². The zero-order valence-electron chi connectivity index (χ0n) is 19.3. The van der Waals surface area contributed by atoms with Crippen molar-refractivity contribution in [1.82, 2.24) is 10.3 Å². The highest BCUT2D eigenvalue weighted by Gasteiger charge is 2.35. The number of rotatable bonds is 5. The Labute approximate surface area is 202 Å². The molecule has 0 atom stereocenters. The molecule has 0 spiro atoms. The SMILES string of the molecule is CO.Nc1ncc(C2CCOCC2)cc1-c1ccc(C(=O)NCc2ccccc2)c(C(F)(F)F)c1. The fourth-order valence-electron chi connectivity index (χ4n) is 3.99. The molecule has 2 aromatic carbocycles. The van der Waals surface area contributed by atoms with Crippen molar-refractivity contribution in [2.75, 3.05) is 26.1 Å². The van der Waals surface area contributed by atoms with Gasteiger partial charge in [-0.25, -0.2) is 4.98 Å². The lowest BCUT2D eigenvalue weighted by atomic mass is 9.90. The van der Waals surface area contributed by atoms with Gasteiger partial charge in [0.2, 0.25) is 0 Å². The molecule has 4 N–H and O–H groups in total. The van der Waals surface area contributed by atoms with Gasteiger partial charge in [0, 0.05) is 38.6 Å². The third kappa shape index (κ3) is 6.58. The molecule has 1 aliphatic heterocycles. The van der Waals surface area contributed by atoms with Crippen molar-refractivity contribution < 1.29 is 27.8 Å². The molecule has 1 amide bonds. The molecule has 0 saturated carbocycles. The van der Waals surface area contributed by atoms with Crippen molar-refractivity contribution in [2.24, 2.45) is 0 Å². The van der Waals surface area contributed by atoms with E-state index >= 15 is 0 Å². The number of aromatic nitrogens is 1. The Balaban J connectivity index is 0.00000167. The number of amides is 1. The molecule has 186 valence electrons. The van der Waals surface area contributed by atoms with Gasteiger partial charge in [-0.3, -0.25) is 4.79 Å². The first-order chi connectivity index (χ1) is 16.8. The van der Waals surface area contributed by atoms with E-state index in [9.17, 15) is 18.0 Å². The molecule has 0 unspecified atom stereocenters. The summed E-state index contributed by atoms with van der Waals surface area (Å²) in [6, 6.07) is 14.4. The number of ether oxygens (including phenoxy) is 1. The largest absolute Gasteiger partial charge is 0.417 e. The molecule has 0 radical (unpaired) electrons. The quantitative estimate of drug-likeness (QED) is 0.481. The number of halogens is 3. The highest BCUT2D eigenvalue weighted by atomic mass is 19.4. The zero-order chi connectivity index (χ0) is 25.4. The van der Waals surface area contributed by atoms with Gasteiger partial charge in [0.1, 0.15) is 5.82 Å². The Morgan fingerprint density at radius 1 is 1.11 bits per heavy atom. The molecule has 1 saturated heterocycles. The zero-order valence-corrected chi connectivity index (χ0v) is 19.3. The molecule has 3 aromatic rings. The molecule has 0 aliphatic carbocycles. The van der Waals surface area contributed by atoms with Crippen molar-refractivity contribution in [3.63, 3.8) is 0 Å². The Kier molecular flexibility index (Phi) is 8.84. The monoisotopic (exact) mass is 487 g/mol. The summed E-state index contributed by atoms with van der Waals surface area (Å²) in [5.41, 5.74) is 6.97. The maximum atomic E-state index is 13.9. The number of carbonyl (C=O) groups is 1. The maximum absolute atomic E-state index is 13.9. The first-order valence-corrected chi connectivity index (χ1v) is 11.1. The molecule has 1 aromatic heterocycles. The van der Waals surface area contributed by atoms with E-state index in [1.54, 1.807) is 36.5 Å². The van der Waals surface area contributed by atoms with E-state index in [1.807, 2.05) is 6.07 Å². The number of carbonyl (C=O) groups excluding carboxylic acids is 1. The molecule has 6 nitrogen and oxygen atoms in total. The first-order valence-electron chi connectivity index (χ1n) is 11.1. The number of nitrogen functional groups attached to an aromatic ring is 1. The molecular weight excluding hydrogens is 459 g/mol. The highest BCUT2D eigenvalue weighted by Crippen LogP contribution is 2.37. The van der Waals surface area contributed by atoms with Crippen LogP contribution in [0.1, 0.15) is 45.8 Å². The number of nitrogens with zero attached hydrogens (tertiary/aromatic N) is 1. The van der Waals surface area contributed by atoms with Gasteiger partial charge in [-0.2, -0.15) is 13.2 Å². The molecule has 4 rings (SSSR count). The topological polar surface area (TPSA) is 97.5 Å². The summed E-state index contributed by atoms with van der Waals surface area (Å²) in [6.07, 6.45) is -1.40. The number of hydrogen-bond acceptors (Lipinski definition) is 5. The number of alkyl halides is 3. The minimum Gasteiger partial charge on any atom is -0.400 e. The predicted octanol–water partition coefficient (Wildman–Crippen LogP) is 4.78. The van der Waals surface area contributed by atoms with Crippen LogP contribution in [0.2, 0.25) is 0 Å². The van der Waals surface area contributed by atoms with E-state index in [4.69, 9.17) is 15.6 Å². The van der Waals surface area contributed by atoms with E-state index < -0.39 is 23.2 Å². The summed E-state index contributed by atoms with van der Waals surface area (Å²) < 4.78 is 47.1. The molecular formula is C26H28F3N3O3. The third-order valence-electron chi connectivity index (χ3n) is 5.81. The van der Waals surface area contributed by atoms with Crippen molar-refractivity contribution in [1.29, 1.82) is 0 Å². The van der Waals surface area contributed by atoms with Gasteiger partial charge in [0.05, 0.1) is 11.1 Å². The lowest BCUT2D eigenvalue weighted by Crippen LogP contribution is -2.26. The standard InChI is InChI=1S/C25H24F3N3O2.CH4O/c26-25(27,28)22-13-18(6-7-20(22)24(32)31-14-16-4-2-1-3-5-16)21-12-19(15-30-23(21)29)17-8-10-33-11-9-17;1-2/h1-7,12-13,15,17H,8-11,14H2,(H2,29,30)(H,31,32);2H,1H3. The fourth-order valence-corrected chi connectivity index (χ4v) is 3.99. The minimum atomic E-state index is -4.71. The van der Waals surface area contributed by atoms with Gasteiger partial charge < -0.3 is 20.9 Å². The summed E-state index contributed by atoms with van der Waals surface area (Å²) in [5, 5.41) is 9.56. The van der Waals surface area contributed by atoms with E-state index in [1.165, 1.54) is 12.1 Å². The predicted molar refractivity (Wildman–Crippen MR) is 128 cm³/mol.